The summed E-state index contributed by atoms with van der Waals surface area (Å²) in [7, 11) is 0. The van der Waals surface area contributed by atoms with Crippen molar-refractivity contribution in [1.29, 1.82) is 5.26 Å². The predicted octanol–water partition coefficient (Wildman–Crippen LogP) is 4.47. The van der Waals surface area contributed by atoms with Gasteiger partial charge in [-0.05, 0) is 30.5 Å². The third kappa shape index (κ3) is 3.13. The van der Waals surface area contributed by atoms with Gasteiger partial charge in [-0.25, -0.2) is 0 Å². The molecule has 96 valence electrons. The second kappa shape index (κ2) is 5.86. The van der Waals surface area contributed by atoms with E-state index in [4.69, 9.17) is 16.9 Å². The first kappa shape index (κ1) is 13.6. The van der Waals surface area contributed by atoms with Gasteiger partial charge in [0.1, 0.15) is 0 Å². The molecule has 1 aromatic heterocycles. The van der Waals surface area contributed by atoms with Crippen LogP contribution in [0.2, 0.25) is 5.02 Å². The highest BCUT2D eigenvalue weighted by Crippen LogP contribution is 2.30. The van der Waals surface area contributed by atoms with Gasteiger partial charge < -0.3 is 0 Å². The van der Waals surface area contributed by atoms with E-state index in [1.54, 1.807) is 24.4 Å². The van der Waals surface area contributed by atoms with Crippen molar-refractivity contribution in [1.82, 2.24) is 4.98 Å². The van der Waals surface area contributed by atoms with Crippen LogP contribution in [0.5, 0.6) is 0 Å². The van der Waals surface area contributed by atoms with E-state index in [9.17, 15) is 0 Å². The summed E-state index contributed by atoms with van der Waals surface area (Å²) < 4.78 is 0. The molecule has 0 fully saturated rings. The van der Waals surface area contributed by atoms with Crippen LogP contribution < -0.4 is 0 Å². The van der Waals surface area contributed by atoms with Crippen LogP contribution in [0.25, 0.3) is 11.1 Å². The van der Waals surface area contributed by atoms with E-state index < -0.39 is 0 Å². The molecule has 2 rings (SSSR count). The fraction of sp³-hybridized carbons (Fsp3) is 0.250. The Morgan fingerprint density at radius 3 is 2.63 bits per heavy atom. The van der Waals surface area contributed by atoms with Crippen molar-refractivity contribution < 1.29 is 0 Å². The minimum Gasteiger partial charge on any atom is -0.261 e. The molecule has 0 N–H and O–H groups in total. The van der Waals surface area contributed by atoms with Crippen molar-refractivity contribution in [3.8, 4) is 17.2 Å². The lowest BCUT2D eigenvalue weighted by Crippen LogP contribution is -1.97. The number of pyridine rings is 1. The summed E-state index contributed by atoms with van der Waals surface area (Å²) in [4.78, 5) is 4.44. The summed E-state index contributed by atoms with van der Waals surface area (Å²) in [6.45, 7) is 4.33. The number of rotatable bonds is 3. The highest BCUT2D eigenvalue weighted by molar-refractivity contribution is 6.33. The van der Waals surface area contributed by atoms with E-state index in [0.717, 1.165) is 23.2 Å². The molecule has 0 radical (unpaired) electrons. The lowest BCUT2D eigenvalue weighted by Gasteiger charge is -2.08. The van der Waals surface area contributed by atoms with Crippen molar-refractivity contribution >= 4 is 11.6 Å². The molecule has 0 bridgehead atoms. The molecule has 0 atom stereocenters. The quantitative estimate of drug-likeness (QED) is 0.825. The van der Waals surface area contributed by atoms with E-state index in [-0.39, 0.29) is 0 Å². The lowest BCUT2D eigenvalue weighted by atomic mass is 10.0. The van der Waals surface area contributed by atoms with E-state index in [0.29, 0.717) is 16.5 Å². The van der Waals surface area contributed by atoms with Crippen LogP contribution in [0.1, 0.15) is 25.1 Å². The van der Waals surface area contributed by atoms with Gasteiger partial charge in [-0.3, -0.25) is 4.98 Å². The van der Waals surface area contributed by atoms with E-state index in [2.05, 4.69) is 24.9 Å². The normalized spacial score (nSPS) is 10.5. The first-order valence-corrected chi connectivity index (χ1v) is 6.63. The zero-order chi connectivity index (χ0) is 13.8. The number of benzene rings is 1. The molecular formula is C16H15ClN2. The molecule has 2 aromatic rings. The molecule has 1 heterocycles. The first-order chi connectivity index (χ1) is 9.11. The van der Waals surface area contributed by atoms with Crippen molar-refractivity contribution in [2.45, 2.75) is 20.3 Å². The minimum atomic E-state index is 0.575. The van der Waals surface area contributed by atoms with Gasteiger partial charge in [0.2, 0.25) is 0 Å². The molecule has 0 amide bonds. The van der Waals surface area contributed by atoms with Crippen LogP contribution in [-0.4, -0.2) is 4.98 Å². The smallest absolute Gasteiger partial charge is 0.0998 e. The van der Waals surface area contributed by atoms with Crippen LogP contribution in [0, 0.1) is 17.2 Å². The van der Waals surface area contributed by atoms with Gasteiger partial charge in [-0.15, -0.1) is 0 Å². The molecule has 19 heavy (non-hydrogen) atoms. The predicted molar refractivity (Wildman–Crippen MR) is 77.9 cm³/mol. The third-order valence-electron chi connectivity index (χ3n) is 2.86. The second-order valence-electron chi connectivity index (χ2n) is 4.91. The highest BCUT2D eigenvalue weighted by atomic mass is 35.5. The van der Waals surface area contributed by atoms with Gasteiger partial charge >= 0.3 is 0 Å². The number of nitrogens with zero attached hydrogens (tertiary/aromatic N) is 2. The summed E-state index contributed by atoms with van der Waals surface area (Å²) in [5, 5.41) is 9.73. The zero-order valence-corrected chi connectivity index (χ0v) is 11.8. The lowest BCUT2D eigenvalue weighted by molar-refractivity contribution is 0.635. The van der Waals surface area contributed by atoms with Gasteiger partial charge in [0.25, 0.3) is 0 Å². The van der Waals surface area contributed by atoms with Crippen LogP contribution in [-0.2, 0) is 6.42 Å². The Morgan fingerprint density at radius 1 is 1.26 bits per heavy atom. The van der Waals surface area contributed by atoms with Gasteiger partial charge in [-0.2, -0.15) is 5.26 Å². The Hall–Kier alpha value is -1.85. The molecule has 0 saturated heterocycles. The molecule has 1 aromatic carbocycles. The Morgan fingerprint density at radius 2 is 2.05 bits per heavy atom. The number of halogens is 1. The van der Waals surface area contributed by atoms with Gasteiger partial charge in [-0.1, -0.05) is 37.6 Å². The van der Waals surface area contributed by atoms with E-state index >= 15 is 0 Å². The number of aromatic nitrogens is 1. The monoisotopic (exact) mass is 270 g/mol. The molecule has 0 unspecified atom stereocenters. The van der Waals surface area contributed by atoms with Crippen LogP contribution in [0.15, 0.2) is 36.5 Å². The number of hydrogen-bond acceptors (Lipinski definition) is 2. The summed E-state index contributed by atoms with van der Waals surface area (Å²) in [6.07, 6.45) is 2.74. The molecule has 0 saturated carbocycles. The number of nitriles is 1. The van der Waals surface area contributed by atoms with Gasteiger partial charge in [0.05, 0.1) is 11.6 Å². The second-order valence-corrected chi connectivity index (χ2v) is 5.32. The highest BCUT2D eigenvalue weighted by Gasteiger charge is 2.10. The van der Waals surface area contributed by atoms with Crippen LogP contribution in [0.4, 0.5) is 0 Å². The SMILES string of the molecule is CC(C)Cc1ccc(-c2c(Cl)cccc2C#N)cn1. The van der Waals surface area contributed by atoms with Crippen molar-refractivity contribution in [3.05, 3.63) is 52.8 Å². The average Bonchev–Trinajstić information content (AvgIpc) is 2.39. The Kier molecular flexibility index (Phi) is 4.19. The molecule has 0 aliphatic heterocycles. The maximum Gasteiger partial charge on any atom is 0.0998 e. The van der Waals surface area contributed by atoms with Crippen molar-refractivity contribution in [3.63, 3.8) is 0 Å². The topological polar surface area (TPSA) is 36.7 Å². The molecule has 0 aliphatic rings. The Bertz CT molecular complexity index is 610. The number of hydrogen-bond donors (Lipinski definition) is 0. The molecule has 2 nitrogen and oxygen atoms in total. The Balaban J connectivity index is 2.41. The van der Waals surface area contributed by atoms with Crippen LogP contribution >= 0.6 is 11.6 Å². The molecular weight excluding hydrogens is 256 g/mol. The fourth-order valence-corrected chi connectivity index (χ4v) is 2.31. The third-order valence-corrected chi connectivity index (χ3v) is 3.18. The molecule has 0 spiro atoms. The fourth-order valence-electron chi connectivity index (χ4n) is 2.02. The Labute approximate surface area is 118 Å². The van der Waals surface area contributed by atoms with Crippen LogP contribution in [0.3, 0.4) is 0 Å². The van der Waals surface area contributed by atoms with Crippen molar-refractivity contribution in [2.75, 3.05) is 0 Å². The maximum atomic E-state index is 9.15. The molecule has 0 aliphatic carbocycles. The summed E-state index contributed by atoms with van der Waals surface area (Å²) >= 11 is 6.19. The summed E-state index contributed by atoms with van der Waals surface area (Å²) in [5.41, 5.74) is 3.28. The first-order valence-electron chi connectivity index (χ1n) is 6.25. The standard InChI is InChI=1S/C16H15ClN2/c1-11(2)8-14-7-6-13(10-19-14)16-12(9-18)4-3-5-15(16)17/h3-7,10-11H,8H2,1-2H3. The van der Waals surface area contributed by atoms with E-state index in [1.165, 1.54) is 0 Å². The average molecular weight is 271 g/mol. The van der Waals surface area contributed by atoms with Gasteiger partial charge in [0, 0.05) is 28.0 Å². The van der Waals surface area contributed by atoms with E-state index in [1.807, 2.05) is 12.1 Å². The minimum absolute atomic E-state index is 0.575. The van der Waals surface area contributed by atoms with Gasteiger partial charge in [0.15, 0.2) is 0 Å². The molecule has 3 heteroatoms. The summed E-state index contributed by atoms with van der Waals surface area (Å²) in [6, 6.07) is 11.5. The maximum absolute atomic E-state index is 9.15. The summed E-state index contributed by atoms with van der Waals surface area (Å²) in [5.74, 6) is 0.577. The largest absolute Gasteiger partial charge is 0.261 e. The van der Waals surface area contributed by atoms with Crippen molar-refractivity contribution in [2.24, 2.45) is 5.92 Å². The zero-order valence-electron chi connectivity index (χ0n) is 11.0.